The Morgan fingerprint density at radius 3 is 2.61 bits per heavy atom. The van der Waals surface area contributed by atoms with Gasteiger partial charge in [0.05, 0.1) is 12.6 Å². The lowest BCUT2D eigenvalue weighted by atomic mass is 10.2. The van der Waals surface area contributed by atoms with Crippen LogP contribution in [0.3, 0.4) is 0 Å². The molecule has 18 heavy (non-hydrogen) atoms. The van der Waals surface area contributed by atoms with E-state index in [0.29, 0.717) is 13.2 Å². The normalized spacial score (nSPS) is 20.5. The molecule has 0 spiro atoms. The molecule has 2 unspecified atom stereocenters. The number of carboxylic acids is 1. The fraction of sp³-hybridized carbons (Fsp3) is 0.833. The molecular formula is C12H22N2O4. The first-order chi connectivity index (χ1) is 8.47. The first-order valence-electron chi connectivity index (χ1n) is 6.30. The van der Waals surface area contributed by atoms with Crippen LogP contribution in [-0.4, -0.2) is 65.8 Å². The van der Waals surface area contributed by atoms with Crippen molar-refractivity contribution in [3.8, 4) is 0 Å². The summed E-state index contributed by atoms with van der Waals surface area (Å²) in [5.74, 6) is -0.986. The highest BCUT2D eigenvalue weighted by molar-refractivity contribution is 5.80. The fourth-order valence-corrected chi connectivity index (χ4v) is 1.96. The van der Waals surface area contributed by atoms with E-state index in [0.717, 1.165) is 12.8 Å². The maximum atomic E-state index is 12.3. The highest BCUT2D eigenvalue weighted by Gasteiger charge is 2.30. The number of carbonyl (C=O) groups is 2. The molecule has 6 heteroatoms. The van der Waals surface area contributed by atoms with Gasteiger partial charge in [0.2, 0.25) is 0 Å². The van der Waals surface area contributed by atoms with Gasteiger partial charge in [-0.25, -0.2) is 4.79 Å². The summed E-state index contributed by atoms with van der Waals surface area (Å²) in [6.07, 6.45) is 1.54. The van der Waals surface area contributed by atoms with Crippen LogP contribution >= 0.6 is 0 Å². The average Bonchev–Trinajstić information content (AvgIpc) is 2.86. The van der Waals surface area contributed by atoms with Crippen LogP contribution in [-0.2, 0) is 9.53 Å². The third-order valence-corrected chi connectivity index (χ3v) is 3.43. The molecule has 1 aliphatic rings. The van der Waals surface area contributed by atoms with E-state index in [9.17, 15) is 9.59 Å². The van der Waals surface area contributed by atoms with Gasteiger partial charge in [0.25, 0.3) is 0 Å². The van der Waals surface area contributed by atoms with Crippen molar-refractivity contribution in [2.75, 3.05) is 26.8 Å². The van der Waals surface area contributed by atoms with Crippen molar-refractivity contribution < 1.29 is 19.4 Å². The lowest BCUT2D eigenvalue weighted by molar-refractivity contribution is -0.138. The lowest BCUT2D eigenvalue weighted by Gasteiger charge is -2.33. The number of rotatable bonds is 5. The Labute approximate surface area is 107 Å². The molecule has 104 valence electrons. The maximum absolute atomic E-state index is 12.3. The monoisotopic (exact) mass is 258 g/mol. The number of hydrogen-bond donors (Lipinski definition) is 1. The summed E-state index contributed by atoms with van der Waals surface area (Å²) in [5, 5.41) is 8.89. The molecule has 0 aromatic rings. The zero-order valence-electron chi connectivity index (χ0n) is 11.3. The number of nitrogens with zero attached hydrogens (tertiary/aromatic N) is 2. The van der Waals surface area contributed by atoms with Crippen molar-refractivity contribution in [3.63, 3.8) is 0 Å². The molecule has 1 rings (SSSR count). The third kappa shape index (κ3) is 3.60. The third-order valence-electron chi connectivity index (χ3n) is 3.43. The van der Waals surface area contributed by atoms with E-state index in [1.165, 1.54) is 4.90 Å². The van der Waals surface area contributed by atoms with Crippen LogP contribution in [0.5, 0.6) is 0 Å². The highest BCUT2D eigenvalue weighted by Crippen LogP contribution is 2.15. The van der Waals surface area contributed by atoms with Gasteiger partial charge in [0.1, 0.15) is 6.54 Å². The van der Waals surface area contributed by atoms with Crippen molar-refractivity contribution in [2.24, 2.45) is 0 Å². The largest absolute Gasteiger partial charge is 0.480 e. The second-order valence-electron chi connectivity index (χ2n) is 4.69. The summed E-state index contributed by atoms with van der Waals surface area (Å²) in [6, 6.07) is -0.265. The zero-order valence-corrected chi connectivity index (χ0v) is 11.3. The number of likely N-dealkylation sites (N-methyl/N-ethyl adjacent to an activating group) is 1. The molecule has 0 radical (unpaired) electrons. The van der Waals surface area contributed by atoms with Gasteiger partial charge in [0.15, 0.2) is 0 Å². The molecule has 2 atom stereocenters. The Bertz CT molecular complexity index is 302. The van der Waals surface area contributed by atoms with Crippen molar-refractivity contribution >= 4 is 12.0 Å². The summed E-state index contributed by atoms with van der Waals surface area (Å²) < 4.78 is 5.25. The van der Waals surface area contributed by atoms with E-state index < -0.39 is 5.97 Å². The number of carboxylic acid groups (broad SMARTS) is 1. The predicted octanol–water partition coefficient (Wildman–Crippen LogP) is 1.01. The molecule has 2 amide bonds. The number of ether oxygens (including phenoxy) is 1. The predicted molar refractivity (Wildman–Crippen MR) is 66.5 cm³/mol. The highest BCUT2D eigenvalue weighted by atomic mass is 16.5. The van der Waals surface area contributed by atoms with E-state index in [-0.39, 0.29) is 24.7 Å². The second kappa shape index (κ2) is 6.58. The molecular weight excluding hydrogens is 236 g/mol. The number of amides is 2. The summed E-state index contributed by atoms with van der Waals surface area (Å²) in [7, 11) is 1.71. The Hall–Kier alpha value is -1.30. The molecule has 6 nitrogen and oxygen atoms in total. The maximum Gasteiger partial charge on any atom is 0.323 e. The van der Waals surface area contributed by atoms with Crippen LogP contribution in [0.1, 0.15) is 26.7 Å². The quantitative estimate of drug-likeness (QED) is 0.799. The van der Waals surface area contributed by atoms with Crippen LogP contribution in [0, 0.1) is 0 Å². The Morgan fingerprint density at radius 1 is 1.50 bits per heavy atom. The van der Waals surface area contributed by atoms with Crippen molar-refractivity contribution in [1.82, 2.24) is 9.80 Å². The number of urea groups is 1. The minimum absolute atomic E-state index is 0.0536. The number of carbonyl (C=O) groups excluding carboxylic acids is 1. The van der Waals surface area contributed by atoms with Gasteiger partial charge in [-0.3, -0.25) is 4.79 Å². The fourth-order valence-electron chi connectivity index (χ4n) is 1.96. The van der Waals surface area contributed by atoms with Crippen LogP contribution in [0.2, 0.25) is 0 Å². The molecule has 1 saturated heterocycles. The van der Waals surface area contributed by atoms with Crippen LogP contribution in [0.4, 0.5) is 4.79 Å². The summed E-state index contributed by atoms with van der Waals surface area (Å²) in [6.45, 7) is 4.73. The molecule has 1 N–H and O–H groups in total. The molecule has 1 fully saturated rings. The van der Waals surface area contributed by atoms with E-state index in [2.05, 4.69) is 0 Å². The van der Waals surface area contributed by atoms with Gasteiger partial charge in [-0.1, -0.05) is 6.92 Å². The summed E-state index contributed by atoms with van der Waals surface area (Å²) >= 11 is 0. The standard InChI is InChI=1S/C12H22N2O4/c1-4-9(2)14(7-11(15)16)12(17)13(3)10-5-6-18-8-10/h9-10H,4-8H2,1-3H3,(H,15,16). The molecule has 1 heterocycles. The van der Waals surface area contributed by atoms with Gasteiger partial charge in [-0.15, -0.1) is 0 Å². The second-order valence-corrected chi connectivity index (χ2v) is 4.69. The van der Waals surface area contributed by atoms with Crippen molar-refractivity contribution in [2.45, 2.75) is 38.8 Å². The van der Waals surface area contributed by atoms with Crippen LogP contribution in [0.15, 0.2) is 0 Å². The first-order valence-corrected chi connectivity index (χ1v) is 6.30. The van der Waals surface area contributed by atoms with Gasteiger partial charge in [-0.05, 0) is 19.8 Å². The minimum Gasteiger partial charge on any atom is -0.480 e. The topological polar surface area (TPSA) is 70.1 Å². The Balaban J connectivity index is 2.70. The van der Waals surface area contributed by atoms with E-state index in [1.54, 1.807) is 11.9 Å². The average molecular weight is 258 g/mol. The molecule has 0 aliphatic carbocycles. The molecule has 0 aromatic heterocycles. The van der Waals surface area contributed by atoms with E-state index in [4.69, 9.17) is 9.84 Å². The van der Waals surface area contributed by atoms with Crippen molar-refractivity contribution in [3.05, 3.63) is 0 Å². The Morgan fingerprint density at radius 2 is 2.17 bits per heavy atom. The molecule has 0 aromatic carbocycles. The van der Waals surface area contributed by atoms with Gasteiger partial charge in [0, 0.05) is 19.7 Å². The molecule has 1 aliphatic heterocycles. The lowest BCUT2D eigenvalue weighted by Crippen LogP contribution is -2.51. The first kappa shape index (κ1) is 14.8. The molecule has 0 saturated carbocycles. The minimum atomic E-state index is -0.986. The summed E-state index contributed by atoms with van der Waals surface area (Å²) in [4.78, 5) is 26.1. The smallest absolute Gasteiger partial charge is 0.323 e. The van der Waals surface area contributed by atoms with Crippen LogP contribution < -0.4 is 0 Å². The van der Waals surface area contributed by atoms with Crippen molar-refractivity contribution in [1.29, 1.82) is 0 Å². The number of aliphatic carboxylic acids is 1. The van der Waals surface area contributed by atoms with E-state index >= 15 is 0 Å². The molecule has 0 bridgehead atoms. The van der Waals surface area contributed by atoms with Gasteiger partial charge >= 0.3 is 12.0 Å². The Kier molecular flexibility index (Phi) is 5.40. The zero-order chi connectivity index (χ0) is 13.7. The summed E-state index contributed by atoms with van der Waals surface area (Å²) in [5.41, 5.74) is 0. The van der Waals surface area contributed by atoms with Gasteiger partial charge in [-0.2, -0.15) is 0 Å². The van der Waals surface area contributed by atoms with E-state index in [1.807, 2.05) is 13.8 Å². The van der Waals surface area contributed by atoms with Gasteiger partial charge < -0.3 is 19.6 Å². The van der Waals surface area contributed by atoms with Crippen LogP contribution in [0.25, 0.3) is 0 Å². The number of hydrogen-bond acceptors (Lipinski definition) is 3. The SMILES string of the molecule is CCC(C)N(CC(=O)O)C(=O)N(C)C1CCOC1.